The van der Waals surface area contributed by atoms with Crippen molar-refractivity contribution in [3.63, 3.8) is 0 Å². The summed E-state index contributed by atoms with van der Waals surface area (Å²) in [6.07, 6.45) is -7.34. The van der Waals surface area contributed by atoms with Gasteiger partial charge >= 0.3 is 6.18 Å². The first-order valence-electron chi connectivity index (χ1n) is 12.3. The maximum Gasteiger partial charge on any atom is 0.389 e. The summed E-state index contributed by atoms with van der Waals surface area (Å²) in [6, 6.07) is 7.03. The second-order valence-electron chi connectivity index (χ2n) is 9.59. The molecule has 1 aliphatic heterocycles. The highest BCUT2D eigenvalue weighted by Gasteiger charge is 2.34. The molecule has 216 valence electrons. The average Bonchev–Trinajstić information content (AvgIpc) is 3.42. The number of aliphatic hydroxyl groups excluding tert-OH is 1. The third-order valence-corrected chi connectivity index (χ3v) is 9.63. The first-order chi connectivity index (χ1) is 18.2. The summed E-state index contributed by atoms with van der Waals surface area (Å²) in [5, 5.41) is 13.8. The van der Waals surface area contributed by atoms with Gasteiger partial charge in [-0.3, -0.25) is 9.59 Å². The second-order valence-corrected chi connectivity index (χ2v) is 12.8. The summed E-state index contributed by atoms with van der Waals surface area (Å²) in [7, 11) is -2.34. The molecule has 9 nitrogen and oxygen atoms in total. The molecule has 0 saturated carbocycles. The van der Waals surface area contributed by atoms with Gasteiger partial charge in [-0.05, 0) is 36.6 Å². The predicted octanol–water partition coefficient (Wildman–Crippen LogP) is 3.50. The molecule has 2 aromatic rings. The van der Waals surface area contributed by atoms with Crippen molar-refractivity contribution in [3.05, 3.63) is 41.3 Å². The molecule has 0 saturated heterocycles. The molecule has 0 unspecified atom stereocenters. The topological polar surface area (TPSA) is 116 Å². The Balaban J connectivity index is 1.91. The predicted molar refractivity (Wildman–Crippen MR) is 140 cm³/mol. The maximum atomic E-state index is 13.3. The van der Waals surface area contributed by atoms with Gasteiger partial charge in [0.2, 0.25) is 11.8 Å². The van der Waals surface area contributed by atoms with Crippen LogP contribution in [-0.2, 0) is 26.0 Å². The maximum absolute atomic E-state index is 13.3. The van der Waals surface area contributed by atoms with Gasteiger partial charge in [0.15, 0.2) is 0 Å². The number of hydrogen-bond acceptors (Lipinski definition) is 7. The first-order valence-corrected chi connectivity index (χ1v) is 14.6. The molecule has 0 spiro atoms. The summed E-state index contributed by atoms with van der Waals surface area (Å²) < 4.78 is 71.2. The van der Waals surface area contributed by atoms with Crippen LogP contribution < -0.4 is 10.1 Å². The van der Waals surface area contributed by atoms with Crippen molar-refractivity contribution in [2.24, 2.45) is 5.92 Å². The number of thiophene rings is 1. The summed E-state index contributed by atoms with van der Waals surface area (Å²) in [5.74, 6) is -1.22. The minimum Gasteiger partial charge on any atom is -0.488 e. The number of fused-ring (bicyclic) bond motifs is 1. The Bertz CT molecular complexity index is 1250. The van der Waals surface area contributed by atoms with Crippen LogP contribution in [0.15, 0.2) is 39.9 Å². The Morgan fingerprint density at radius 2 is 2.05 bits per heavy atom. The van der Waals surface area contributed by atoms with E-state index in [4.69, 9.17) is 4.74 Å². The molecule has 0 fully saturated rings. The van der Waals surface area contributed by atoms with Gasteiger partial charge in [-0.1, -0.05) is 13.0 Å². The van der Waals surface area contributed by atoms with Crippen LogP contribution in [0.3, 0.4) is 0 Å². The Kier molecular flexibility index (Phi) is 10.0. The van der Waals surface area contributed by atoms with Gasteiger partial charge in [0.05, 0.1) is 32.0 Å². The van der Waals surface area contributed by atoms with E-state index >= 15 is 0 Å². The fraction of sp³-hybridized carbons (Fsp3) is 0.520. The number of carbonyl (C=O) groups excluding carboxylic acids is 2. The number of aliphatic hydroxyl groups is 1. The lowest BCUT2D eigenvalue weighted by atomic mass is 10.0. The van der Waals surface area contributed by atoms with Crippen molar-refractivity contribution < 1.29 is 41.0 Å². The van der Waals surface area contributed by atoms with Crippen LogP contribution in [0.5, 0.6) is 5.75 Å². The zero-order valence-electron chi connectivity index (χ0n) is 21.8. The van der Waals surface area contributed by atoms with E-state index < -0.39 is 47.1 Å². The second kappa shape index (κ2) is 12.7. The van der Waals surface area contributed by atoms with Gasteiger partial charge in [-0.15, -0.1) is 11.3 Å². The third kappa shape index (κ3) is 8.16. The van der Waals surface area contributed by atoms with Gasteiger partial charge in [0, 0.05) is 37.2 Å². The standard InChI is InChI=1S/C25H32F3N3O6S2/c1-16-13-31(17(2)15-32)23(34)12-18-11-19(29-22(33)8-9-25(26,27)28)6-7-20(18)37-21(16)14-30(3)39(35,36)24-5-4-10-38-24/h4-7,10-11,16-17,21,32H,8-9,12-15H2,1-3H3,(H,29,33)/t16-,17+,21-/m1/s1. The fourth-order valence-corrected chi connectivity index (χ4v) is 6.50. The van der Waals surface area contributed by atoms with Crippen LogP contribution in [0.4, 0.5) is 18.9 Å². The molecule has 0 radical (unpaired) electrons. The SMILES string of the molecule is C[C@@H]1CN([C@@H](C)CO)C(=O)Cc2cc(NC(=O)CCC(F)(F)F)ccc2O[C@@H]1CN(C)S(=O)(=O)c1cccs1. The van der Waals surface area contributed by atoms with Gasteiger partial charge < -0.3 is 20.1 Å². The highest BCUT2D eigenvalue weighted by molar-refractivity contribution is 7.91. The van der Waals surface area contributed by atoms with E-state index in [2.05, 4.69) is 5.32 Å². The lowest BCUT2D eigenvalue weighted by Gasteiger charge is -2.33. The lowest BCUT2D eigenvalue weighted by molar-refractivity contribution is -0.142. The number of nitrogens with one attached hydrogen (secondary N) is 1. The van der Waals surface area contributed by atoms with Crippen molar-refractivity contribution >= 4 is 38.9 Å². The highest BCUT2D eigenvalue weighted by atomic mass is 32.2. The molecule has 2 N–H and O–H groups in total. The molecular weight excluding hydrogens is 559 g/mol. The molecule has 14 heteroatoms. The molecule has 1 aliphatic rings. The molecule has 1 aromatic carbocycles. The fourth-order valence-electron chi connectivity index (χ4n) is 4.12. The van der Waals surface area contributed by atoms with E-state index in [9.17, 15) is 36.3 Å². The molecular formula is C25H32F3N3O6S2. The number of amides is 2. The van der Waals surface area contributed by atoms with Crippen molar-refractivity contribution in [2.75, 3.05) is 32.1 Å². The van der Waals surface area contributed by atoms with Gasteiger partial charge in [-0.2, -0.15) is 17.5 Å². The minimum atomic E-state index is -4.47. The van der Waals surface area contributed by atoms with Crippen LogP contribution in [0.2, 0.25) is 0 Å². The summed E-state index contributed by atoms with van der Waals surface area (Å²) >= 11 is 1.09. The van der Waals surface area contributed by atoms with E-state index in [0.29, 0.717) is 5.56 Å². The number of hydrogen-bond donors (Lipinski definition) is 2. The number of sulfonamides is 1. The van der Waals surface area contributed by atoms with Crippen LogP contribution in [-0.4, -0.2) is 79.6 Å². The summed E-state index contributed by atoms with van der Waals surface area (Å²) in [5.41, 5.74) is 0.562. The number of nitrogens with zero attached hydrogens (tertiary/aromatic N) is 2. The van der Waals surface area contributed by atoms with Gasteiger partial charge in [-0.25, -0.2) is 8.42 Å². The van der Waals surface area contributed by atoms with Crippen molar-refractivity contribution in [2.45, 2.75) is 55.6 Å². The highest BCUT2D eigenvalue weighted by Crippen LogP contribution is 2.30. The Morgan fingerprint density at radius 1 is 1.33 bits per heavy atom. The number of rotatable bonds is 9. The van der Waals surface area contributed by atoms with Crippen molar-refractivity contribution in [3.8, 4) is 5.75 Å². The van der Waals surface area contributed by atoms with Crippen LogP contribution in [0, 0.1) is 5.92 Å². The Labute approximate surface area is 229 Å². The van der Waals surface area contributed by atoms with E-state index in [1.165, 1.54) is 40.5 Å². The van der Waals surface area contributed by atoms with Gasteiger partial charge in [0.1, 0.15) is 16.1 Å². The zero-order chi connectivity index (χ0) is 29.0. The average molecular weight is 592 g/mol. The zero-order valence-corrected chi connectivity index (χ0v) is 23.4. The quantitative estimate of drug-likeness (QED) is 0.461. The summed E-state index contributed by atoms with van der Waals surface area (Å²) in [4.78, 5) is 26.8. The van der Waals surface area contributed by atoms with E-state index in [1.54, 1.807) is 18.4 Å². The minimum absolute atomic E-state index is 0.0354. The Morgan fingerprint density at radius 3 is 2.67 bits per heavy atom. The number of anilines is 1. The number of alkyl halides is 3. The first kappa shape index (κ1) is 30.9. The molecule has 39 heavy (non-hydrogen) atoms. The van der Waals surface area contributed by atoms with Crippen LogP contribution >= 0.6 is 11.3 Å². The van der Waals surface area contributed by atoms with E-state index in [-0.39, 0.29) is 53.6 Å². The van der Waals surface area contributed by atoms with Crippen molar-refractivity contribution in [1.82, 2.24) is 9.21 Å². The van der Waals surface area contributed by atoms with Crippen LogP contribution in [0.25, 0.3) is 0 Å². The summed E-state index contributed by atoms with van der Waals surface area (Å²) in [6.45, 7) is 3.36. The van der Waals surface area contributed by atoms with Crippen LogP contribution in [0.1, 0.15) is 32.3 Å². The number of carbonyl (C=O) groups is 2. The molecule has 2 amide bonds. The van der Waals surface area contributed by atoms with E-state index in [0.717, 1.165) is 11.3 Å². The number of ether oxygens (including phenoxy) is 1. The number of likely N-dealkylation sites (N-methyl/N-ethyl adjacent to an activating group) is 1. The molecule has 2 heterocycles. The van der Waals surface area contributed by atoms with Gasteiger partial charge in [0.25, 0.3) is 10.0 Å². The molecule has 3 atom stereocenters. The van der Waals surface area contributed by atoms with E-state index in [1.807, 2.05) is 6.92 Å². The normalized spacial score (nSPS) is 19.5. The smallest absolute Gasteiger partial charge is 0.389 e. The molecule has 3 rings (SSSR count). The largest absolute Gasteiger partial charge is 0.488 e. The monoisotopic (exact) mass is 591 g/mol. The number of benzene rings is 1. The third-order valence-electron chi connectivity index (χ3n) is 6.43. The Hall–Kier alpha value is -2.68. The number of halogens is 3. The molecule has 0 aliphatic carbocycles. The van der Waals surface area contributed by atoms with Crippen molar-refractivity contribution in [1.29, 1.82) is 0 Å². The molecule has 0 bridgehead atoms. The molecule has 1 aromatic heterocycles. The lowest BCUT2D eigenvalue weighted by Crippen LogP contribution is -2.48.